The zero-order valence-corrected chi connectivity index (χ0v) is 15.2. The standard InChI is InChI=1S/C19H18F3N5O2/c20-19(21,22)14-4-1-12(2-5-14)11-29-17-9-23-8-16(17)27-10-15(25-26-27)13-3-6-18(28)24-7-13/h1-7,10,16-17,23H,8-9,11H2,(H,24,28). The quantitative estimate of drug-likeness (QED) is 0.681. The number of pyridine rings is 1. The van der Waals surface area contributed by atoms with E-state index in [2.05, 4.69) is 20.6 Å². The molecule has 4 rings (SSSR count). The zero-order valence-electron chi connectivity index (χ0n) is 15.2. The van der Waals surface area contributed by atoms with Gasteiger partial charge in [0.1, 0.15) is 5.69 Å². The first-order valence-corrected chi connectivity index (χ1v) is 8.99. The smallest absolute Gasteiger partial charge is 0.370 e. The van der Waals surface area contributed by atoms with Crippen molar-refractivity contribution in [3.8, 4) is 11.3 Å². The van der Waals surface area contributed by atoms with Crippen LogP contribution in [0.5, 0.6) is 0 Å². The largest absolute Gasteiger partial charge is 0.416 e. The number of aromatic amines is 1. The summed E-state index contributed by atoms with van der Waals surface area (Å²) in [6.45, 7) is 1.42. The van der Waals surface area contributed by atoms with Crippen molar-refractivity contribution in [3.05, 3.63) is 70.3 Å². The molecule has 1 saturated heterocycles. The van der Waals surface area contributed by atoms with Crippen molar-refractivity contribution in [3.63, 3.8) is 0 Å². The third-order valence-corrected chi connectivity index (χ3v) is 4.80. The Morgan fingerprint density at radius 3 is 2.62 bits per heavy atom. The van der Waals surface area contributed by atoms with Crippen molar-refractivity contribution < 1.29 is 17.9 Å². The molecule has 0 bridgehead atoms. The Morgan fingerprint density at radius 1 is 1.14 bits per heavy atom. The van der Waals surface area contributed by atoms with Gasteiger partial charge in [0.15, 0.2) is 0 Å². The average molecular weight is 405 g/mol. The number of halogens is 3. The number of H-pyrrole nitrogens is 1. The summed E-state index contributed by atoms with van der Waals surface area (Å²) in [6, 6.07) is 7.93. The van der Waals surface area contributed by atoms with Gasteiger partial charge in [-0.05, 0) is 23.8 Å². The van der Waals surface area contributed by atoms with Gasteiger partial charge in [-0.1, -0.05) is 17.3 Å². The molecule has 0 amide bonds. The highest BCUT2D eigenvalue weighted by Crippen LogP contribution is 2.29. The molecule has 0 radical (unpaired) electrons. The number of hydrogen-bond acceptors (Lipinski definition) is 5. The molecule has 0 spiro atoms. The number of alkyl halides is 3. The molecule has 2 aromatic heterocycles. The summed E-state index contributed by atoms with van der Waals surface area (Å²) >= 11 is 0. The number of nitrogens with one attached hydrogen (secondary N) is 2. The van der Waals surface area contributed by atoms with Crippen LogP contribution in [0.3, 0.4) is 0 Å². The Kier molecular flexibility index (Phi) is 5.20. The zero-order chi connectivity index (χ0) is 20.4. The number of aromatic nitrogens is 4. The van der Waals surface area contributed by atoms with E-state index in [1.807, 2.05) is 0 Å². The lowest BCUT2D eigenvalue weighted by Crippen LogP contribution is -2.26. The minimum atomic E-state index is -4.35. The van der Waals surface area contributed by atoms with Gasteiger partial charge in [-0.3, -0.25) is 4.79 Å². The van der Waals surface area contributed by atoms with Gasteiger partial charge >= 0.3 is 6.18 Å². The molecule has 2 N–H and O–H groups in total. The molecule has 3 aromatic rings. The van der Waals surface area contributed by atoms with Gasteiger partial charge in [-0.25, -0.2) is 4.68 Å². The number of rotatable bonds is 5. The topological polar surface area (TPSA) is 84.8 Å². The van der Waals surface area contributed by atoms with E-state index in [0.29, 0.717) is 24.3 Å². The molecule has 1 aromatic carbocycles. The molecular formula is C19H18F3N5O2. The van der Waals surface area contributed by atoms with Crippen LogP contribution in [0.4, 0.5) is 13.2 Å². The number of ether oxygens (including phenoxy) is 1. The lowest BCUT2D eigenvalue weighted by Gasteiger charge is -2.19. The third kappa shape index (κ3) is 4.38. The highest BCUT2D eigenvalue weighted by Gasteiger charge is 2.31. The number of hydrogen-bond donors (Lipinski definition) is 2. The molecule has 0 aliphatic carbocycles. The summed E-state index contributed by atoms with van der Waals surface area (Å²) < 4.78 is 45.6. The second-order valence-electron chi connectivity index (χ2n) is 6.80. The summed E-state index contributed by atoms with van der Waals surface area (Å²) in [4.78, 5) is 13.8. The van der Waals surface area contributed by atoms with Crippen LogP contribution in [0, 0.1) is 0 Å². The Labute approximate surface area is 163 Å². The summed E-state index contributed by atoms with van der Waals surface area (Å²) in [5.74, 6) is 0. The lowest BCUT2D eigenvalue weighted by molar-refractivity contribution is -0.137. The van der Waals surface area contributed by atoms with Crippen molar-refractivity contribution in [2.75, 3.05) is 13.1 Å². The van der Waals surface area contributed by atoms with Gasteiger partial charge in [0.05, 0.1) is 30.5 Å². The molecule has 10 heteroatoms. The first-order chi connectivity index (χ1) is 13.9. The van der Waals surface area contributed by atoms with Crippen LogP contribution < -0.4 is 10.9 Å². The van der Waals surface area contributed by atoms with Gasteiger partial charge in [-0.2, -0.15) is 13.2 Å². The second-order valence-corrected chi connectivity index (χ2v) is 6.80. The SMILES string of the molecule is O=c1ccc(-c2cn(C3CNCC3OCc3ccc(C(F)(F)F)cc3)nn2)c[nH]1. The summed E-state index contributed by atoms with van der Waals surface area (Å²) in [5.41, 5.74) is 1.15. The normalized spacial score (nSPS) is 19.6. The van der Waals surface area contributed by atoms with Crippen LogP contribution in [0.25, 0.3) is 11.3 Å². The molecule has 1 aliphatic heterocycles. The van der Waals surface area contributed by atoms with E-state index in [1.165, 1.54) is 18.2 Å². The maximum atomic E-state index is 12.7. The number of benzene rings is 1. The van der Waals surface area contributed by atoms with Gasteiger partial charge < -0.3 is 15.0 Å². The highest BCUT2D eigenvalue weighted by molar-refractivity contribution is 5.55. The monoisotopic (exact) mass is 405 g/mol. The predicted molar refractivity (Wildman–Crippen MR) is 98.0 cm³/mol. The lowest BCUT2D eigenvalue weighted by atomic mass is 10.1. The third-order valence-electron chi connectivity index (χ3n) is 4.80. The molecule has 1 aliphatic rings. The van der Waals surface area contributed by atoms with Gasteiger partial charge in [0.25, 0.3) is 0 Å². The van der Waals surface area contributed by atoms with E-state index in [4.69, 9.17) is 4.74 Å². The molecule has 29 heavy (non-hydrogen) atoms. The average Bonchev–Trinajstić information content (AvgIpc) is 3.36. The Bertz CT molecular complexity index is 1010. The summed E-state index contributed by atoms with van der Waals surface area (Å²) in [7, 11) is 0. The van der Waals surface area contributed by atoms with Crippen molar-refractivity contribution in [1.82, 2.24) is 25.3 Å². The Balaban J connectivity index is 1.42. The maximum absolute atomic E-state index is 12.7. The Morgan fingerprint density at radius 2 is 1.93 bits per heavy atom. The molecule has 152 valence electrons. The summed E-state index contributed by atoms with van der Waals surface area (Å²) in [6.07, 6.45) is -1.21. The van der Waals surface area contributed by atoms with Crippen molar-refractivity contribution in [2.45, 2.75) is 24.9 Å². The van der Waals surface area contributed by atoms with E-state index in [-0.39, 0.29) is 24.3 Å². The molecule has 7 nitrogen and oxygen atoms in total. The highest BCUT2D eigenvalue weighted by atomic mass is 19.4. The minimum Gasteiger partial charge on any atom is -0.370 e. The fraction of sp³-hybridized carbons (Fsp3) is 0.316. The molecule has 3 heterocycles. The van der Waals surface area contributed by atoms with Crippen LogP contribution in [-0.2, 0) is 17.5 Å². The minimum absolute atomic E-state index is 0.103. The second kappa shape index (κ2) is 7.80. The van der Waals surface area contributed by atoms with Gasteiger partial charge in [-0.15, -0.1) is 5.10 Å². The molecule has 2 atom stereocenters. The van der Waals surface area contributed by atoms with Crippen LogP contribution in [-0.4, -0.2) is 39.2 Å². The number of nitrogens with zero attached hydrogens (tertiary/aromatic N) is 3. The molecule has 2 unspecified atom stereocenters. The molecule has 0 saturated carbocycles. The predicted octanol–water partition coefficient (Wildman–Crippen LogP) is 2.38. The van der Waals surface area contributed by atoms with Crippen molar-refractivity contribution in [2.24, 2.45) is 0 Å². The fourth-order valence-corrected chi connectivity index (χ4v) is 3.21. The van der Waals surface area contributed by atoms with Gasteiger partial charge in [0.2, 0.25) is 5.56 Å². The van der Waals surface area contributed by atoms with E-state index in [9.17, 15) is 18.0 Å². The van der Waals surface area contributed by atoms with Crippen LogP contribution in [0.2, 0.25) is 0 Å². The Hall–Kier alpha value is -2.98. The van der Waals surface area contributed by atoms with Crippen LogP contribution in [0.1, 0.15) is 17.2 Å². The van der Waals surface area contributed by atoms with E-state index in [1.54, 1.807) is 23.1 Å². The summed E-state index contributed by atoms with van der Waals surface area (Å²) in [5, 5.41) is 11.6. The van der Waals surface area contributed by atoms with Crippen LogP contribution >= 0.6 is 0 Å². The molecular weight excluding hydrogens is 387 g/mol. The fourth-order valence-electron chi connectivity index (χ4n) is 3.21. The first-order valence-electron chi connectivity index (χ1n) is 8.99. The van der Waals surface area contributed by atoms with E-state index < -0.39 is 11.7 Å². The van der Waals surface area contributed by atoms with E-state index >= 15 is 0 Å². The molecule has 1 fully saturated rings. The maximum Gasteiger partial charge on any atom is 0.416 e. The van der Waals surface area contributed by atoms with Gasteiger partial charge in [0, 0.05) is 30.9 Å². The van der Waals surface area contributed by atoms with Crippen molar-refractivity contribution >= 4 is 0 Å². The van der Waals surface area contributed by atoms with Crippen LogP contribution in [0.15, 0.2) is 53.6 Å². The van der Waals surface area contributed by atoms with Crippen molar-refractivity contribution in [1.29, 1.82) is 0 Å². The first kappa shape index (κ1) is 19.3. The van der Waals surface area contributed by atoms with E-state index in [0.717, 1.165) is 17.7 Å².